The quantitative estimate of drug-likeness (QED) is 0.432. The van der Waals surface area contributed by atoms with Crippen LogP contribution in [0.2, 0.25) is 0 Å². The lowest BCUT2D eigenvalue weighted by Crippen LogP contribution is -2.14. The number of Topliss-reactive ketones (excluding diaryl/α,β-unsaturated/α-hetero) is 1. The molecular formula is C26H30N2O3S. The molecule has 32 heavy (non-hydrogen) atoms. The van der Waals surface area contributed by atoms with Crippen molar-refractivity contribution in [1.82, 2.24) is 9.88 Å². The second-order valence-electron chi connectivity index (χ2n) is 9.05. The van der Waals surface area contributed by atoms with E-state index in [0.29, 0.717) is 17.7 Å². The fourth-order valence-electron chi connectivity index (χ4n) is 4.25. The lowest BCUT2D eigenvalue weighted by atomic mass is 10.0. The molecule has 0 amide bonds. The minimum Gasteiger partial charge on any atom is -0.309 e. The van der Waals surface area contributed by atoms with Gasteiger partial charge in [-0.1, -0.05) is 30.3 Å². The molecule has 0 N–H and O–H groups in total. The Labute approximate surface area is 190 Å². The van der Waals surface area contributed by atoms with E-state index < -0.39 is 9.84 Å². The molecule has 2 atom stereocenters. The molecule has 5 nitrogen and oxygen atoms in total. The summed E-state index contributed by atoms with van der Waals surface area (Å²) in [4.78, 5) is 19.4. The van der Waals surface area contributed by atoms with Gasteiger partial charge in [-0.15, -0.1) is 0 Å². The van der Waals surface area contributed by atoms with Gasteiger partial charge in [0.25, 0.3) is 0 Å². The van der Waals surface area contributed by atoms with Gasteiger partial charge in [-0.3, -0.25) is 9.78 Å². The number of benzene rings is 2. The van der Waals surface area contributed by atoms with Crippen molar-refractivity contribution in [1.29, 1.82) is 0 Å². The monoisotopic (exact) mass is 450 g/mol. The standard InChI is InChI=1S/C26H30N2O3S/c1-28(2)13-3-4-14-32(30,31)23-9-7-20(8-10-23)24-17-25(24)26(29)16-19-5-6-22-18-27-12-11-21(22)15-19/h5-12,15,18,24-25H,3-4,13-14,16-17H2,1-2H3. The van der Waals surface area contributed by atoms with E-state index in [2.05, 4.69) is 16.0 Å². The fourth-order valence-corrected chi connectivity index (χ4v) is 5.63. The normalized spacial score (nSPS) is 18.2. The van der Waals surface area contributed by atoms with E-state index in [0.717, 1.165) is 41.3 Å². The van der Waals surface area contributed by atoms with E-state index in [4.69, 9.17) is 0 Å². The van der Waals surface area contributed by atoms with Gasteiger partial charge in [0, 0.05) is 30.1 Å². The van der Waals surface area contributed by atoms with Gasteiger partial charge in [-0.25, -0.2) is 8.42 Å². The number of carbonyl (C=O) groups is 1. The van der Waals surface area contributed by atoms with Gasteiger partial charge in [-0.2, -0.15) is 0 Å². The third-order valence-electron chi connectivity index (χ3n) is 6.22. The van der Waals surface area contributed by atoms with Gasteiger partial charge in [0.1, 0.15) is 5.78 Å². The number of rotatable bonds is 10. The number of unbranched alkanes of at least 4 members (excludes halogenated alkanes) is 1. The molecule has 0 aliphatic heterocycles. The average molecular weight is 451 g/mol. The Kier molecular flexibility index (Phi) is 6.72. The highest BCUT2D eigenvalue weighted by atomic mass is 32.2. The van der Waals surface area contributed by atoms with Crippen molar-refractivity contribution in [2.45, 2.75) is 36.5 Å². The predicted molar refractivity (Wildman–Crippen MR) is 128 cm³/mol. The van der Waals surface area contributed by atoms with Crippen LogP contribution in [0.25, 0.3) is 10.8 Å². The number of carbonyl (C=O) groups excluding carboxylic acids is 1. The molecule has 1 saturated carbocycles. The Hall–Kier alpha value is -2.57. The molecule has 4 rings (SSSR count). The Morgan fingerprint density at radius 2 is 1.81 bits per heavy atom. The Morgan fingerprint density at radius 3 is 2.56 bits per heavy atom. The number of pyridine rings is 1. The Balaban J connectivity index is 1.33. The van der Waals surface area contributed by atoms with Crippen LogP contribution < -0.4 is 0 Å². The molecule has 1 aliphatic carbocycles. The smallest absolute Gasteiger partial charge is 0.178 e. The molecule has 0 spiro atoms. The van der Waals surface area contributed by atoms with Crippen molar-refractivity contribution in [3.63, 3.8) is 0 Å². The number of nitrogens with zero attached hydrogens (tertiary/aromatic N) is 2. The summed E-state index contributed by atoms with van der Waals surface area (Å²) in [5.41, 5.74) is 2.08. The molecule has 3 aromatic rings. The summed E-state index contributed by atoms with van der Waals surface area (Å²) in [6.07, 6.45) is 6.38. The van der Waals surface area contributed by atoms with Crippen molar-refractivity contribution in [2.24, 2.45) is 5.92 Å². The molecule has 1 fully saturated rings. The van der Waals surface area contributed by atoms with E-state index in [-0.39, 0.29) is 23.4 Å². The van der Waals surface area contributed by atoms with Gasteiger partial charge in [0.15, 0.2) is 9.84 Å². The first kappa shape index (κ1) is 22.6. The molecule has 2 unspecified atom stereocenters. The molecule has 0 saturated heterocycles. The number of ketones is 1. The maximum Gasteiger partial charge on any atom is 0.178 e. The second kappa shape index (κ2) is 9.51. The van der Waals surface area contributed by atoms with Crippen LogP contribution in [0.5, 0.6) is 0 Å². The predicted octanol–water partition coefficient (Wildman–Crippen LogP) is 4.27. The maximum atomic E-state index is 12.8. The molecule has 1 aromatic heterocycles. The fraction of sp³-hybridized carbons (Fsp3) is 0.385. The molecule has 0 bridgehead atoms. The first-order valence-corrected chi connectivity index (χ1v) is 12.8. The average Bonchev–Trinajstić information content (AvgIpc) is 3.58. The van der Waals surface area contributed by atoms with Crippen molar-refractivity contribution in [3.05, 3.63) is 72.1 Å². The number of fused-ring (bicyclic) bond motifs is 1. The minimum absolute atomic E-state index is 0.0247. The van der Waals surface area contributed by atoms with E-state index in [1.807, 2.05) is 50.6 Å². The third-order valence-corrected chi connectivity index (χ3v) is 8.04. The van der Waals surface area contributed by atoms with Crippen LogP contribution in [0.4, 0.5) is 0 Å². The molecule has 0 radical (unpaired) electrons. The summed E-state index contributed by atoms with van der Waals surface area (Å²) >= 11 is 0. The van der Waals surface area contributed by atoms with Crippen molar-refractivity contribution in [3.8, 4) is 0 Å². The van der Waals surface area contributed by atoms with Crippen LogP contribution in [0.3, 0.4) is 0 Å². The lowest BCUT2D eigenvalue weighted by molar-refractivity contribution is -0.119. The largest absolute Gasteiger partial charge is 0.309 e. The van der Waals surface area contributed by atoms with E-state index >= 15 is 0 Å². The zero-order chi connectivity index (χ0) is 22.7. The third kappa shape index (κ3) is 5.43. The van der Waals surface area contributed by atoms with Crippen LogP contribution in [0.1, 0.15) is 36.3 Å². The lowest BCUT2D eigenvalue weighted by Gasteiger charge is -2.09. The SMILES string of the molecule is CN(C)CCCCS(=O)(=O)c1ccc(C2CC2C(=O)Cc2ccc3cnccc3c2)cc1. The Morgan fingerprint density at radius 1 is 1.03 bits per heavy atom. The zero-order valence-electron chi connectivity index (χ0n) is 18.7. The van der Waals surface area contributed by atoms with Gasteiger partial charge in [0.05, 0.1) is 10.6 Å². The van der Waals surface area contributed by atoms with Crippen molar-refractivity contribution >= 4 is 26.4 Å². The molecule has 1 aliphatic rings. The highest BCUT2D eigenvalue weighted by Crippen LogP contribution is 2.48. The molecular weight excluding hydrogens is 420 g/mol. The van der Waals surface area contributed by atoms with E-state index in [9.17, 15) is 13.2 Å². The van der Waals surface area contributed by atoms with Crippen LogP contribution in [0.15, 0.2) is 65.8 Å². The van der Waals surface area contributed by atoms with Crippen molar-refractivity contribution in [2.75, 3.05) is 26.4 Å². The van der Waals surface area contributed by atoms with Gasteiger partial charge in [0.2, 0.25) is 0 Å². The van der Waals surface area contributed by atoms with Crippen LogP contribution in [-0.2, 0) is 21.1 Å². The van der Waals surface area contributed by atoms with Crippen LogP contribution >= 0.6 is 0 Å². The number of sulfone groups is 1. The Bertz CT molecular complexity index is 1200. The number of hydrogen-bond donors (Lipinski definition) is 0. The first-order valence-electron chi connectivity index (χ1n) is 11.2. The second-order valence-corrected chi connectivity index (χ2v) is 11.2. The molecule has 6 heteroatoms. The van der Waals surface area contributed by atoms with E-state index in [1.165, 1.54) is 0 Å². The van der Waals surface area contributed by atoms with Crippen molar-refractivity contribution < 1.29 is 13.2 Å². The highest BCUT2D eigenvalue weighted by Gasteiger charge is 2.43. The molecule has 1 heterocycles. The van der Waals surface area contributed by atoms with Crippen LogP contribution in [0, 0.1) is 5.92 Å². The van der Waals surface area contributed by atoms with Crippen LogP contribution in [-0.4, -0.2) is 50.5 Å². The summed E-state index contributed by atoms with van der Waals surface area (Å²) in [5, 5.41) is 2.16. The topological polar surface area (TPSA) is 67.3 Å². The first-order chi connectivity index (χ1) is 15.3. The van der Waals surface area contributed by atoms with E-state index in [1.54, 1.807) is 18.3 Å². The van der Waals surface area contributed by atoms with Gasteiger partial charge >= 0.3 is 0 Å². The molecule has 168 valence electrons. The summed E-state index contributed by atoms with van der Waals surface area (Å²) in [6, 6.07) is 15.2. The minimum atomic E-state index is -3.26. The number of aromatic nitrogens is 1. The highest BCUT2D eigenvalue weighted by molar-refractivity contribution is 7.91. The maximum absolute atomic E-state index is 12.8. The number of hydrogen-bond acceptors (Lipinski definition) is 5. The van der Waals surface area contributed by atoms with Gasteiger partial charge in [-0.05, 0) is 80.5 Å². The summed E-state index contributed by atoms with van der Waals surface area (Å²) in [7, 11) is 0.719. The zero-order valence-corrected chi connectivity index (χ0v) is 19.5. The van der Waals surface area contributed by atoms with Gasteiger partial charge < -0.3 is 4.90 Å². The summed E-state index contributed by atoms with van der Waals surface area (Å²) in [6.45, 7) is 0.891. The summed E-state index contributed by atoms with van der Waals surface area (Å²) in [5.74, 6) is 0.647. The summed E-state index contributed by atoms with van der Waals surface area (Å²) < 4.78 is 25.1. The molecule has 2 aromatic carbocycles.